The van der Waals surface area contributed by atoms with Crippen LogP contribution in [0.3, 0.4) is 0 Å². The van der Waals surface area contributed by atoms with Crippen LogP contribution < -0.4 is 4.90 Å². The number of piperazine rings is 1. The smallest absolute Gasteiger partial charge is 0.240 e. The first-order valence-electron chi connectivity index (χ1n) is 8.26. The van der Waals surface area contributed by atoms with E-state index in [2.05, 4.69) is 20.9 Å². The maximum absolute atomic E-state index is 12.8. The lowest BCUT2D eigenvalue weighted by atomic mass is 10.1. The van der Waals surface area contributed by atoms with E-state index in [1.54, 1.807) is 25.4 Å². The summed E-state index contributed by atoms with van der Waals surface area (Å²) in [5.41, 5.74) is 0.579. The Hall–Kier alpha value is -2.17. The Bertz CT molecular complexity index is 636. The normalized spacial score (nSPS) is 24.9. The molecular weight excluding hydrogens is 306 g/mol. The molecule has 24 heavy (non-hydrogen) atoms. The van der Waals surface area contributed by atoms with Gasteiger partial charge in [0.15, 0.2) is 0 Å². The third-order valence-corrected chi connectivity index (χ3v) is 4.93. The molecule has 7 heteroatoms. The van der Waals surface area contributed by atoms with Crippen LogP contribution in [-0.4, -0.2) is 79.7 Å². The molecule has 2 aliphatic rings. The molecule has 0 radical (unpaired) electrons. The average molecular weight is 329 g/mol. The molecule has 1 aromatic heterocycles. The standard InChI is InChI=1S/C17H23N5O2/c1-20-12-14(24-2)10-15(20)17(23)22-8-6-21(7-9-22)16-13(11-18)4-3-5-19-16/h3-5,14-15H,6-10,12H2,1-2H3/t14-,15-/m0/s1. The number of methoxy groups -OCH3 is 1. The third kappa shape index (κ3) is 3.21. The number of carbonyl (C=O) groups excluding carboxylic acids is 1. The summed E-state index contributed by atoms with van der Waals surface area (Å²) in [6, 6.07) is 5.64. The van der Waals surface area contributed by atoms with Crippen molar-refractivity contribution < 1.29 is 9.53 Å². The fourth-order valence-corrected chi connectivity index (χ4v) is 3.50. The largest absolute Gasteiger partial charge is 0.380 e. The molecule has 0 aliphatic carbocycles. The SMILES string of the molecule is CO[C@H]1C[C@@H](C(=O)N2CCN(c3ncccc3C#N)CC2)N(C)C1. The second-order valence-electron chi connectivity index (χ2n) is 6.35. The topological polar surface area (TPSA) is 72.7 Å². The van der Waals surface area contributed by atoms with Crippen molar-refractivity contribution in [1.82, 2.24) is 14.8 Å². The molecule has 2 saturated heterocycles. The number of pyridine rings is 1. The first kappa shape index (κ1) is 16.7. The number of anilines is 1. The van der Waals surface area contributed by atoms with Gasteiger partial charge in [-0.1, -0.05) is 0 Å². The lowest BCUT2D eigenvalue weighted by Crippen LogP contribution is -2.53. The van der Waals surface area contributed by atoms with Gasteiger partial charge in [-0.3, -0.25) is 9.69 Å². The summed E-state index contributed by atoms with van der Waals surface area (Å²) < 4.78 is 5.39. The molecule has 0 spiro atoms. The number of carbonyl (C=O) groups is 1. The highest BCUT2D eigenvalue weighted by Gasteiger charge is 2.37. The van der Waals surface area contributed by atoms with Crippen molar-refractivity contribution in [2.24, 2.45) is 0 Å². The Balaban J connectivity index is 1.61. The molecule has 2 aliphatic heterocycles. The number of rotatable bonds is 3. The van der Waals surface area contributed by atoms with Crippen molar-refractivity contribution in [2.45, 2.75) is 18.6 Å². The molecule has 3 heterocycles. The van der Waals surface area contributed by atoms with Gasteiger partial charge in [0.1, 0.15) is 11.9 Å². The number of likely N-dealkylation sites (N-methyl/N-ethyl adjacent to an activating group) is 1. The summed E-state index contributed by atoms with van der Waals surface area (Å²) in [6.07, 6.45) is 2.59. The van der Waals surface area contributed by atoms with Crippen molar-refractivity contribution in [3.8, 4) is 6.07 Å². The molecule has 1 aromatic rings. The highest BCUT2D eigenvalue weighted by Crippen LogP contribution is 2.22. The van der Waals surface area contributed by atoms with E-state index >= 15 is 0 Å². The highest BCUT2D eigenvalue weighted by atomic mass is 16.5. The molecule has 2 atom stereocenters. The highest BCUT2D eigenvalue weighted by molar-refractivity contribution is 5.82. The predicted octanol–water partition coefficient (Wildman–Crippen LogP) is 0.321. The van der Waals surface area contributed by atoms with Crippen LogP contribution in [0.1, 0.15) is 12.0 Å². The van der Waals surface area contributed by atoms with E-state index in [-0.39, 0.29) is 18.1 Å². The van der Waals surface area contributed by atoms with Crippen LogP contribution in [0.2, 0.25) is 0 Å². The zero-order valence-corrected chi connectivity index (χ0v) is 14.2. The van der Waals surface area contributed by atoms with Gasteiger partial charge < -0.3 is 14.5 Å². The molecule has 0 unspecified atom stereocenters. The summed E-state index contributed by atoms with van der Waals surface area (Å²) >= 11 is 0. The summed E-state index contributed by atoms with van der Waals surface area (Å²) in [7, 11) is 3.68. The van der Waals surface area contributed by atoms with Crippen molar-refractivity contribution in [2.75, 3.05) is 51.8 Å². The van der Waals surface area contributed by atoms with Gasteiger partial charge >= 0.3 is 0 Å². The van der Waals surface area contributed by atoms with E-state index in [1.165, 1.54) is 0 Å². The summed E-state index contributed by atoms with van der Waals surface area (Å²) in [5.74, 6) is 0.891. The number of ether oxygens (including phenoxy) is 1. The number of hydrogen-bond acceptors (Lipinski definition) is 6. The average Bonchev–Trinajstić information content (AvgIpc) is 3.02. The lowest BCUT2D eigenvalue weighted by Gasteiger charge is -2.37. The fourth-order valence-electron chi connectivity index (χ4n) is 3.50. The Morgan fingerprint density at radius 3 is 2.75 bits per heavy atom. The monoisotopic (exact) mass is 329 g/mol. The van der Waals surface area contributed by atoms with E-state index in [4.69, 9.17) is 4.74 Å². The van der Waals surface area contributed by atoms with Gasteiger partial charge in [-0.2, -0.15) is 5.26 Å². The summed E-state index contributed by atoms with van der Waals surface area (Å²) in [6.45, 7) is 3.50. The van der Waals surface area contributed by atoms with Gasteiger partial charge in [-0.15, -0.1) is 0 Å². The van der Waals surface area contributed by atoms with Crippen LogP contribution in [0, 0.1) is 11.3 Å². The second-order valence-corrected chi connectivity index (χ2v) is 6.35. The molecule has 0 aromatic carbocycles. The van der Waals surface area contributed by atoms with Crippen LogP contribution >= 0.6 is 0 Å². The number of aromatic nitrogens is 1. The quantitative estimate of drug-likeness (QED) is 0.795. The minimum absolute atomic E-state index is 0.0916. The van der Waals surface area contributed by atoms with Crippen LogP contribution in [0.4, 0.5) is 5.82 Å². The van der Waals surface area contributed by atoms with E-state index in [1.807, 2.05) is 11.9 Å². The Morgan fingerprint density at radius 1 is 1.38 bits per heavy atom. The van der Waals surface area contributed by atoms with Gasteiger partial charge in [-0.25, -0.2) is 4.98 Å². The minimum Gasteiger partial charge on any atom is -0.380 e. The predicted molar refractivity (Wildman–Crippen MR) is 89.6 cm³/mol. The maximum Gasteiger partial charge on any atom is 0.240 e. The van der Waals surface area contributed by atoms with Crippen LogP contribution in [0.5, 0.6) is 0 Å². The molecule has 0 N–H and O–H groups in total. The lowest BCUT2D eigenvalue weighted by molar-refractivity contribution is -0.135. The fraction of sp³-hybridized carbons (Fsp3) is 0.588. The van der Waals surface area contributed by atoms with E-state index < -0.39 is 0 Å². The van der Waals surface area contributed by atoms with Crippen LogP contribution in [-0.2, 0) is 9.53 Å². The number of nitrogens with zero attached hydrogens (tertiary/aromatic N) is 5. The van der Waals surface area contributed by atoms with E-state index in [0.717, 1.165) is 13.0 Å². The minimum atomic E-state index is -0.0916. The first-order chi connectivity index (χ1) is 11.6. The summed E-state index contributed by atoms with van der Waals surface area (Å²) in [5, 5.41) is 9.21. The van der Waals surface area contributed by atoms with Gasteiger partial charge in [0.2, 0.25) is 5.91 Å². The summed E-state index contributed by atoms with van der Waals surface area (Å²) in [4.78, 5) is 23.2. The molecular formula is C17H23N5O2. The van der Waals surface area contributed by atoms with Gasteiger partial charge in [0, 0.05) is 46.0 Å². The van der Waals surface area contributed by atoms with Crippen LogP contribution in [0.25, 0.3) is 0 Å². The van der Waals surface area contributed by atoms with Crippen molar-refractivity contribution in [1.29, 1.82) is 5.26 Å². The molecule has 3 rings (SSSR count). The molecule has 0 bridgehead atoms. The van der Waals surface area contributed by atoms with E-state index in [9.17, 15) is 10.1 Å². The number of amides is 1. The zero-order chi connectivity index (χ0) is 17.1. The second kappa shape index (κ2) is 7.16. The van der Waals surface area contributed by atoms with E-state index in [0.29, 0.717) is 37.6 Å². The molecule has 128 valence electrons. The molecule has 0 saturated carbocycles. The Kier molecular flexibility index (Phi) is 4.97. The van der Waals surface area contributed by atoms with Crippen LogP contribution in [0.15, 0.2) is 18.3 Å². The number of hydrogen-bond donors (Lipinski definition) is 0. The third-order valence-electron chi connectivity index (χ3n) is 4.93. The van der Waals surface area contributed by atoms with Gasteiger partial charge in [-0.05, 0) is 25.6 Å². The number of likely N-dealkylation sites (tertiary alicyclic amines) is 1. The molecule has 1 amide bonds. The first-order valence-corrected chi connectivity index (χ1v) is 8.26. The Labute approximate surface area is 142 Å². The van der Waals surface area contributed by atoms with Gasteiger partial charge in [0.25, 0.3) is 0 Å². The zero-order valence-electron chi connectivity index (χ0n) is 14.2. The molecule has 2 fully saturated rings. The number of nitriles is 1. The molecule has 7 nitrogen and oxygen atoms in total. The Morgan fingerprint density at radius 2 is 2.12 bits per heavy atom. The van der Waals surface area contributed by atoms with Crippen molar-refractivity contribution in [3.63, 3.8) is 0 Å². The van der Waals surface area contributed by atoms with Crippen molar-refractivity contribution >= 4 is 11.7 Å². The van der Waals surface area contributed by atoms with Gasteiger partial charge in [0.05, 0.1) is 17.7 Å². The van der Waals surface area contributed by atoms with Crippen molar-refractivity contribution in [3.05, 3.63) is 23.9 Å². The maximum atomic E-state index is 12.8.